The summed E-state index contributed by atoms with van der Waals surface area (Å²) in [6.45, 7) is 1.19. The summed E-state index contributed by atoms with van der Waals surface area (Å²) in [6, 6.07) is 19.0. The highest BCUT2D eigenvalue weighted by Crippen LogP contribution is 2.20. The first-order chi connectivity index (χ1) is 14.7. The predicted molar refractivity (Wildman–Crippen MR) is 118 cm³/mol. The van der Waals surface area contributed by atoms with Crippen LogP contribution in [0, 0.1) is 0 Å². The topological polar surface area (TPSA) is 75.7 Å². The number of nitrogens with one attached hydrogen (secondary N) is 1. The average Bonchev–Trinajstić information content (AvgIpc) is 2.78. The van der Waals surface area contributed by atoms with Crippen molar-refractivity contribution in [1.82, 2.24) is 10.2 Å². The number of hydrogen-bond donors (Lipinski definition) is 1. The smallest absolute Gasteiger partial charge is 0.266 e. The number of carbonyl (C=O) groups excluding carboxylic acids is 2. The van der Waals surface area contributed by atoms with E-state index in [-0.39, 0.29) is 40.5 Å². The fourth-order valence-corrected chi connectivity index (χ4v) is 3.87. The first-order valence-electron chi connectivity index (χ1n) is 10.1. The molecular formula is C23H26N2O4S. The molecule has 2 amide bonds. The molecule has 0 saturated carbocycles. The van der Waals surface area contributed by atoms with Gasteiger partial charge in [-0.1, -0.05) is 48.5 Å². The van der Waals surface area contributed by atoms with Crippen LogP contribution in [0.15, 0.2) is 60.7 Å². The Morgan fingerprint density at radius 1 is 1.00 bits per heavy atom. The quantitative estimate of drug-likeness (QED) is 0.340. The molecule has 1 saturated heterocycles. The van der Waals surface area contributed by atoms with E-state index in [4.69, 9.17) is 4.74 Å². The van der Waals surface area contributed by atoms with Crippen molar-refractivity contribution in [2.45, 2.75) is 31.7 Å². The maximum absolute atomic E-state index is 12.2. The first-order valence-corrected chi connectivity index (χ1v) is 10.9. The van der Waals surface area contributed by atoms with E-state index in [2.05, 4.69) is 5.32 Å². The highest BCUT2D eigenvalue weighted by atomic mass is 32.1. The van der Waals surface area contributed by atoms with Crippen molar-refractivity contribution in [2.24, 2.45) is 0 Å². The van der Waals surface area contributed by atoms with Crippen LogP contribution in [0.2, 0.25) is 0 Å². The van der Waals surface area contributed by atoms with Crippen molar-refractivity contribution in [3.05, 3.63) is 66.2 Å². The van der Waals surface area contributed by atoms with Gasteiger partial charge in [0.05, 0.1) is 12.6 Å². The largest absolute Gasteiger partial charge is 0.494 e. The number of hydrogen-bond acceptors (Lipinski definition) is 4. The number of β-lactam (4-membered cyclic amide) rings is 1. The molecule has 2 aromatic rings. The first kappa shape index (κ1) is 21.8. The van der Waals surface area contributed by atoms with Gasteiger partial charge in [0, 0.05) is 6.54 Å². The molecule has 1 fully saturated rings. The van der Waals surface area contributed by atoms with Gasteiger partial charge in [-0.2, -0.15) is 0 Å². The summed E-state index contributed by atoms with van der Waals surface area (Å²) in [5.41, 5.74) is 1.03. The van der Waals surface area contributed by atoms with Gasteiger partial charge in [0.2, 0.25) is 5.91 Å². The van der Waals surface area contributed by atoms with Crippen LogP contribution < -0.4 is 10.1 Å². The van der Waals surface area contributed by atoms with E-state index < -0.39 is 0 Å². The molecule has 7 heteroatoms. The normalized spacial score (nSPS) is 15.5. The van der Waals surface area contributed by atoms with Crippen molar-refractivity contribution >= 4 is 27.9 Å². The van der Waals surface area contributed by atoms with Gasteiger partial charge in [-0.05, 0) is 43.4 Å². The van der Waals surface area contributed by atoms with E-state index in [0.29, 0.717) is 19.6 Å². The second-order valence-electron chi connectivity index (χ2n) is 7.16. The molecule has 1 aliphatic heterocycles. The van der Waals surface area contributed by atoms with Crippen molar-refractivity contribution < 1.29 is 18.5 Å². The van der Waals surface area contributed by atoms with Gasteiger partial charge in [0.15, 0.2) is 0 Å². The lowest BCUT2D eigenvalue weighted by molar-refractivity contribution is -0.135. The van der Waals surface area contributed by atoms with Crippen molar-refractivity contribution in [1.29, 1.82) is 0 Å². The maximum Gasteiger partial charge on any atom is 0.266 e. The fourth-order valence-electron chi connectivity index (χ4n) is 3.36. The summed E-state index contributed by atoms with van der Waals surface area (Å²) < 4.78 is 16.9. The van der Waals surface area contributed by atoms with Crippen molar-refractivity contribution in [3.63, 3.8) is 0 Å². The lowest BCUT2D eigenvalue weighted by Crippen LogP contribution is -2.64. The Labute approximate surface area is 180 Å². The molecule has 3 rings (SSSR count). The highest BCUT2D eigenvalue weighted by Gasteiger charge is 2.44. The summed E-state index contributed by atoms with van der Waals surface area (Å²) in [5, 5.41) is 2.86. The molecule has 1 N–H and O–H groups in total. The van der Waals surface area contributed by atoms with Crippen LogP contribution in [0.25, 0.3) is 0 Å². The summed E-state index contributed by atoms with van der Waals surface area (Å²) in [4.78, 5) is 26.2. The number of rotatable bonds is 11. The molecule has 1 heterocycles. The molecule has 30 heavy (non-hydrogen) atoms. The second-order valence-corrected chi connectivity index (χ2v) is 7.76. The number of carbonyl (C=O) groups is 2. The van der Waals surface area contributed by atoms with Crippen LogP contribution in [0.3, 0.4) is 0 Å². The zero-order chi connectivity index (χ0) is 21.2. The minimum absolute atomic E-state index is 0.0164. The van der Waals surface area contributed by atoms with Crippen LogP contribution in [0.4, 0.5) is 0 Å². The summed E-state index contributed by atoms with van der Waals surface area (Å²) in [5.74, 6) is 0.337. The van der Waals surface area contributed by atoms with E-state index in [1.54, 1.807) is 0 Å². The zero-order valence-electron chi connectivity index (χ0n) is 16.8. The number of amides is 2. The molecule has 1 aliphatic rings. The lowest BCUT2D eigenvalue weighted by atomic mass is 9.94. The third-order valence-corrected chi connectivity index (χ3v) is 5.61. The molecule has 0 aliphatic carbocycles. The van der Waals surface area contributed by atoms with Crippen molar-refractivity contribution in [2.75, 3.05) is 19.7 Å². The molecule has 1 unspecified atom stereocenters. The minimum atomic E-state index is -0.329. The third-order valence-electron chi connectivity index (χ3n) is 4.98. The Morgan fingerprint density at radius 2 is 1.70 bits per heavy atom. The molecule has 158 valence electrons. The Balaban J connectivity index is 1.34. The third kappa shape index (κ3) is 6.03. The predicted octanol–water partition coefficient (Wildman–Crippen LogP) is 2.19. The molecule has 0 bridgehead atoms. The fraction of sp³-hybridized carbons (Fsp3) is 0.348. The Morgan fingerprint density at radius 3 is 2.40 bits per heavy atom. The SMILES string of the molecule is O=S=C1C(=O)N(CC(=O)NCCCCCOc2ccccc2)C1Cc1ccccc1. The molecule has 2 aromatic carbocycles. The van der Waals surface area contributed by atoms with Gasteiger partial charge in [0.1, 0.15) is 28.4 Å². The number of benzene rings is 2. The summed E-state index contributed by atoms with van der Waals surface area (Å²) in [7, 11) is 0. The number of para-hydroxylation sites is 1. The Bertz CT molecular complexity index is 898. The van der Waals surface area contributed by atoms with Gasteiger partial charge >= 0.3 is 0 Å². The monoisotopic (exact) mass is 426 g/mol. The minimum Gasteiger partial charge on any atom is -0.494 e. The van der Waals surface area contributed by atoms with Gasteiger partial charge in [-0.25, -0.2) is 4.21 Å². The van der Waals surface area contributed by atoms with Gasteiger partial charge in [-0.3, -0.25) is 9.59 Å². The Kier molecular flexibility index (Phi) is 8.20. The molecule has 1 atom stereocenters. The number of likely N-dealkylation sites (tertiary alicyclic amines) is 1. The molecule has 0 radical (unpaired) electrons. The molecule has 0 spiro atoms. The number of ether oxygens (including phenoxy) is 1. The Hall–Kier alpha value is -2.93. The molecule has 0 aromatic heterocycles. The number of unbranched alkanes of at least 4 members (excludes halogenated alkanes) is 2. The lowest BCUT2D eigenvalue weighted by Gasteiger charge is -2.40. The average molecular weight is 427 g/mol. The highest BCUT2D eigenvalue weighted by molar-refractivity contribution is 7.69. The zero-order valence-corrected chi connectivity index (χ0v) is 17.6. The van der Waals surface area contributed by atoms with Crippen LogP contribution in [0.5, 0.6) is 5.75 Å². The maximum atomic E-state index is 12.2. The van der Waals surface area contributed by atoms with E-state index in [1.807, 2.05) is 60.7 Å². The number of nitrogens with zero attached hydrogens (tertiary/aromatic N) is 1. The van der Waals surface area contributed by atoms with E-state index in [1.165, 1.54) is 4.90 Å². The van der Waals surface area contributed by atoms with Gasteiger partial charge < -0.3 is 15.0 Å². The second kappa shape index (κ2) is 11.3. The van der Waals surface area contributed by atoms with Gasteiger partial charge in [-0.15, -0.1) is 0 Å². The van der Waals surface area contributed by atoms with Crippen LogP contribution in [-0.4, -0.2) is 51.5 Å². The van der Waals surface area contributed by atoms with E-state index in [0.717, 1.165) is 30.6 Å². The van der Waals surface area contributed by atoms with E-state index >= 15 is 0 Å². The molecule has 6 nitrogen and oxygen atoms in total. The van der Waals surface area contributed by atoms with E-state index in [9.17, 15) is 13.8 Å². The van der Waals surface area contributed by atoms with Crippen molar-refractivity contribution in [3.8, 4) is 5.75 Å². The summed E-state index contributed by atoms with van der Waals surface area (Å²) in [6.07, 6.45) is 3.25. The molecular weight excluding hydrogens is 400 g/mol. The van der Waals surface area contributed by atoms with Gasteiger partial charge in [0.25, 0.3) is 5.91 Å². The van der Waals surface area contributed by atoms with Crippen LogP contribution >= 0.6 is 0 Å². The summed E-state index contributed by atoms with van der Waals surface area (Å²) >= 11 is 0.237. The van der Waals surface area contributed by atoms with Crippen LogP contribution in [0.1, 0.15) is 24.8 Å². The van der Waals surface area contributed by atoms with Crippen LogP contribution in [-0.2, 0) is 27.3 Å². The standard InChI is InChI=1S/C23H26N2O4S/c26-21(24-14-8-3-9-15-29-19-12-6-2-7-13-19)17-25-20(22(30-28)23(25)27)16-18-10-4-1-5-11-18/h1-2,4-7,10-13,20H,3,8-9,14-17H2,(H,24,26).